The maximum absolute atomic E-state index is 13.4. The second-order valence-electron chi connectivity index (χ2n) is 12.8. The summed E-state index contributed by atoms with van der Waals surface area (Å²) in [6.45, 7) is 6.70. The number of fused-ring (bicyclic) bond motifs is 4. The number of nitrogens with one attached hydrogen (secondary N) is 1. The summed E-state index contributed by atoms with van der Waals surface area (Å²) in [7, 11) is 0. The topological polar surface area (TPSA) is 61.8 Å². The summed E-state index contributed by atoms with van der Waals surface area (Å²) in [5, 5.41) is 12.3. The number of amides is 1. The Bertz CT molecular complexity index is 1300. The Hall–Kier alpha value is -2.15. The summed E-state index contributed by atoms with van der Waals surface area (Å²) in [6, 6.07) is 12.3. The molecule has 1 spiro atoms. The molecule has 0 unspecified atom stereocenters. The van der Waals surface area contributed by atoms with E-state index in [1.54, 1.807) is 11.9 Å². The molecule has 6 atom stereocenters. The van der Waals surface area contributed by atoms with E-state index in [-0.39, 0.29) is 17.2 Å². The van der Waals surface area contributed by atoms with Crippen LogP contribution in [0.4, 0.5) is 5.69 Å². The number of hydrogen-bond acceptors (Lipinski definition) is 5. The minimum atomic E-state index is -0.425. The second kappa shape index (κ2) is 12.2. The van der Waals surface area contributed by atoms with Crippen molar-refractivity contribution >= 4 is 35.1 Å². The van der Waals surface area contributed by atoms with Crippen molar-refractivity contribution in [1.29, 1.82) is 0 Å². The first-order valence-electron chi connectivity index (χ1n) is 15.5. The van der Waals surface area contributed by atoms with E-state index in [1.807, 2.05) is 30.3 Å². The summed E-state index contributed by atoms with van der Waals surface area (Å²) < 4.78 is 9.79. The van der Waals surface area contributed by atoms with Gasteiger partial charge in [-0.05, 0) is 116 Å². The number of aryl methyl sites for hydroxylation is 1. The fourth-order valence-corrected chi connectivity index (χ4v) is 8.74. The zero-order valence-corrected chi connectivity index (χ0v) is 25.9. The first-order chi connectivity index (χ1) is 19.9. The van der Waals surface area contributed by atoms with Gasteiger partial charge in [0.25, 0.3) is 5.91 Å². The van der Waals surface area contributed by atoms with Crippen molar-refractivity contribution in [1.82, 2.24) is 4.72 Å². The molecule has 2 bridgehead atoms. The van der Waals surface area contributed by atoms with Crippen LogP contribution in [0.1, 0.15) is 80.3 Å². The van der Waals surface area contributed by atoms with Crippen LogP contribution in [-0.2, 0) is 11.8 Å². The molecule has 220 valence electrons. The lowest BCUT2D eigenvalue weighted by Gasteiger charge is -2.45. The highest BCUT2D eigenvalue weighted by Gasteiger charge is 2.44. The molecular weight excluding hydrogens is 552 g/mol. The summed E-state index contributed by atoms with van der Waals surface area (Å²) in [5.74, 6) is 1.82. The second-order valence-corrected chi connectivity index (χ2v) is 14.3. The van der Waals surface area contributed by atoms with Crippen molar-refractivity contribution in [2.24, 2.45) is 17.8 Å². The average Bonchev–Trinajstić information content (AvgIpc) is 3.09. The minimum Gasteiger partial charge on any atom is -0.490 e. The van der Waals surface area contributed by atoms with Crippen molar-refractivity contribution in [2.75, 3.05) is 24.6 Å². The number of benzene rings is 2. The summed E-state index contributed by atoms with van der Waals surface area (Å²) in [6.07, 6.45) is 12.1. The SMILES string of the molecule is CCC[C@@H]1SNC(=O)c2ccc3c(c2)N(C[C@@H]2CC[C@H]2[C@@H](O)/C=C\C[C@@H]1C)C[C@@]1(CCCc2cc(Cl)ccc21)CO3. The molecule has 6 rings (SSSR count). The van der Waals surface area contributed by atoms with Gasteiger partial charge < -0.3 is 14.7 Å². The molecule has 0 radical (unpaired) electrons. The molecule has 2 aliphatic heterocycles. The monoisotopic (exact) mass is 594 g/mol. The summed E-state index contributed by atoms with van der Waals surface area (Å²) >= 11 is 7.97. The Labute approximate surface area is 254 Å². The minimum absolute atomic E-state index is 0.0535. The zero-order chi connectivity index (χ0) is 28.6. The molecule has 1 fully saturated rings. The maximum atomic E-state index is 13.4. The number of ether oxygens (including phenoxy) is 1. The van der Waals surface area contributed by atoms with Crippen LogP contribution in [-0.4, -0.2) is 42.1 Å². The highest BCUT2D eigenvalue weighted by molar-refractivity contribution is 7.98. The average molecular weight is 595 g/mol. The predicted octanol–water partition coefficient (Wildman–Crippen LogP) is 7.34. The summed E-state index contributed by atoms with van der Waals surface area (Å²) in [4.78, 5) is 15.9. The lowest BCUT2D eigenvalue weighted by molar-refractivity contribution is 0.0455. The van der Waals surface area contributed by atoms with Gasteiger partial charge in [0, 0.05) is 34.3 Å². The molecule has 41 heavy (non-hydrogen) atoms. The van der Waals surface area contributed by atoms with E-state index in [9.17, 15) is 9.90 Å². The molecule has 1 saturated carbocycles. The third-order valence-electron chi connectivity index (χ3n) is 10.0. The number of anilines is 1. The Balaban J connectivity index is 1.38. The number of aliphatic hydroxyl groups is 1. The maximum Gasteiger partial charge on any atom is 0.261 e. The van der Waals surface area contributed by atoms with Gasteiger partial charge in [0.1, 0.15) is 5.75 Å². The third kappa shape index (κ3) is 5.89. The van der Waals surface area contributed by atoms with E-state index >= 15 is 0 Å². The van der Waals surface area contributed by atoms with Crippen molar-refractivity contribution in [3.05, 3.63) is 70.3 Å². The first-order valence-corrected chi connectivity index (χ1v) is 16.7. The molecule has 4 aliphatic rings. The van der Waals surface area contributed by atoms with E-state index in [0.29, 0.717) is 29.3 Å². The van der Waals surface area contributed by atoms with E-state index in [2.05, 4.69) is 41.7 Å². The Morgan fingerprint density at radius 2 is 2.10 bits per heavy atom. The molecule has 0 saturated heterocycles. The Morgan fingerprint density at radius 1 is 1.22 bits per heavy atom. The van der Waals surface area contributed by atoms with Crippen LogP contribution in [0.2, 0.25) is 5.02 Å². The van der Waals surface area contributed by atoms with Gasteiger partial charge in [-0.3, -0.25) is 9.52 Å². The molecule has 2 N–H and O–H groups in total. The highest BCUT2D eigenvalue weighted by atomic mass is 35.5. The largest absolute Gasteiger partial charge is 0.490 e. The number of rotatable bonds is 2. The van der Waals surface area contributed by atoms with Gasteiger partial charge in [-0.2, -0.15) is 0 Å². The fourth-order valence-electron chi connectivity index (χ4n) is 7.47. The number of aliphatic hydroxyl groups excluding tert-OH is 1. The van der Waals surface area contributed by atoms with Gasteiger partial charge in [-0.1, -0.05) is 50.1 Å². The number of halogens is 1. The van der Waals surface area contributed by atoms with E-state index in [4.69, 9.17) is 16.3 Å². The molecule has 2 heterocycles. The van der Waals surface area contributed by atoms with Crippen LogP contribution in [0.25, 0.3) is 0 Å². The van der Waals surface area contributed by atoms with Crippen LogP contribution >= 0.6 is 23.5 Å². The molecule has 0 aromatic heterocycles. The Morgan fingerprint density at radius 3 is 2.90 bits per heavy atom. The van der Waals surface area contributed by atoms with Crippen LogP contribution in [0.15, 0.2) is 48.6 Å². The van der Waals surface area contributed by atoms with Gasteiger partial charge in [-0.25, -0.2) is 0 Å². The smallest absolute Gasteiger partial charge is 0.261 e. The van der Waals surface area contributed by atoms with E-state index < -0.39 is 6.10 Å². The zero-order valence-electron chi connectivity index (χ0n) is 24.3. The predicted molar refractivity (Wildman–Crippen MR) is 169 cm³/mol. The molecule has 2 aromatic rings. The molecule has 7 heteroatoms. The quantitative estimate of drug-likeness (QED) is 0.281. The lowest BCUT2D eigenvalue weighted by Crippen LogP contribution is -2.49. The molecule has 1 amide bonds. The van der Waals surface area contributed by atoms with Crippen molar-refractivity contribution in [2.45, 2.75) is 82.0 Å². The first kappa shape index (κ1) is 28.9. The van der Waals surface area contributed by atoms with E-state index in [0.717, 1.165) is 80.9 Å². The molecule has 5 nitrogen and oxygen atoms in total. The van der Waals surface area contributed by atoms with Crippen molar-refractivity contribution < 1.29 is 14.6 Å². The normalized spacial score (nSPS) is 32.5. The number of carbonyl (C=O) groups excluding carboxylic acids is 1. The number of carbonyl (C=O) groups is 1. The van der Waals surface area contributed by atoms with Gasteiger partial charge in [0.2, 0.25) is 0 Å². The standard InChI is InChI=1S/C34H43ClN2O3S/c1-3-6-32-22(2)7-4-9-30(38)27-13-10-25(27)19-37-20-34(16-5-8-23-17-26(35)12-14-28(23)34)21-40-31-15-11-24(18-29(31)37)33(39)36-41-32/h4,9,11-12,14-15,17-18,22,25,27,30,32,38H,3,5-8,10,13,16,19-21H2,1-2H3,(H,36,39)/b9-4-/t22-,25-,27+,30-,32-,34-/m0/s1. The van der Waals surface area contributed by atoms with Crippen LogP contribution in [0, 0.1) is 17.8 Å². The highest BCUT2D eigenvalue weighted by Crippen LogP contribution is 2.47. The molecular formula is C34H43ClN2O3S. The fraction of sp³-hybridized carbons (Fsp3) is 0.559. The van der Waals surface area contributed by atoms with Gasteiger partial charge in [0.15, 0.2) is 0 Å². The molecule has 2 aliphatic carbocycles. The third-order valence-corrected chi connectivity index (χ3v) is 11.6. The van der Waals surface area contributed by atoms with E-state index in [1.165, 1.54) is 11.1 Å². The lowest BCUT2D eigenvalue weighted by atomic mass is 9.68. The summed E-state index contributed by atoms with van der Waals surface area (Å²) in [5.41, 5.74) is 4.16. The number of nitrogens with zero attached hydrogens (tertiary/aromatic N) is 1. The van der Waals surface area contributed by atoms with Crippen LogP contribution in [0.5, 0.6) is 5.75 Å². The molecule has 2 aromatic carbocycles. The van der Waals surface area contributed by atoms with Crippen molar-refractivity contribution in [3.8, 4) is 5.75 Å². The van der Waals surface area contributed by atoms with Crippen LogP contribution < -0.4 is 14.4 Å². The van der Waals surface area contributed by atoms with Crippen molar-refractivity contribution in [3.63, 3.8) is 0 Å². The number of allylic oxidation sites excluding steroid dienone is 1. The van der Waals surface area contributed by atoms with Gasteiger partial charge in [0.05, 0.1) is 18.4 Å². The Kier molecular flexibility index (Phi) is 8.63. The van der Waals surface area contributed by atoms with Gasteiger partial charge in [-0.15, -0.1) is 0 Å². The van der Waals surface area contributed by atoms with Gasteiger partial charge >= 0.3 is 0 Å². The van der Waals surface area contributed by atoms with Crippen LogP contribution in [0.3, 0.4) is 0 Å². The number of hydrogen-bond donors (Lipinski definition) is 2.